The number of nitrogens with zero attached hydrogens (tertiary/aromatic N) is 1. The summed E-state index contributed by atoms with van der Waals surface area (Å²) >= 11 is 0. The number of hydrogen-bond acceptors (Lipinski definition) is 3. The summed E-state index contributed by atoms with van der Waals surface area (Å²) in [5.41, 5.74) is 4.63. The van der Waals surface area contributed by atoms with Crippen LogP contribution in [0.1, 0.15) is 33.6 Å². The highest BCUT2D eigenvalue weighted by Gasteiger charge is 2.41. The molecule has 0 aliphatic carbocycles. The number of primary amides is 1. The third-order valence-corrected chi connectivity index (χ3v) is 2.51. The summed E-state index contributed by atoms with van der Waals surface area (Å²) in [5, 5.41) is 0. The Morgan fingerprint density at radius 1 is 1.41 bits per heavy atom. The van der Waals surface area contributed by atoms with E-state index in [2.05, 4.69) is 5.92 Å². The number of terminal acetylenes is 1. The molecule has 0 unspecified atom stereocenters. The Labute approximate surface area is 101 Å². The second kappa shape index (κ2) is 4.66. The van der Waals surface area contributed by atoms with Crippen molar-refractivity contribution >= 4 is 12.0 Å². The van der Waals surface area contributed by atoms with Crippen molar-refractivity contribution in [1.29, 1.82) is 0 Å². The molecule has 94 valence electrons. The van der Waals surface area contributed by atoms with Crippen molar-refractivity contribution in [3.05, 3.63) is 0 Å². The van der Waals surface area contributed by atoms with Crippen LogP contribution in [0.3, 0.4) is 0 Å². The first-order valence-electron chi connectivity index (χ1n) is 5.53. The van der Waals surface area contributed by atoms with Gasteiger partial charge in [-0.1, -0.05) is 5.92 Å². The number of rotatable bonds is 1. The maximum Gasteiger partial charge on any atom is 0.411 e. The third-order valence-electron chi connectivity index (χ3n) is 2.51. The molecule has 0 aromatic carbocycles. The summed E-state index contributed by atoms with van der Waals surface area (Å²) in [6, 6.07) is -1.08. The van der Waals surface area contributed by atoms with Crippen LogP contribution in [0.4, 0.5) is 4.79 Å². The van der Waals surface area contributed by atoms with E-state index >= 15 is 0 Å². The summed E-state index contributed by atoms with van der Waals surface area (Å²) in [4.78, 5) is 24.5. The molecule has 0 saturated carbocycles. The van der Waals surface area contributed by atoms with E-state index < -0.39 is 29.7 Å². The lowest BCUT2D eigenvalue weighted by atomic mass is 10.2. The fourth-order valence-electron chi connectivity index (χ4n) is 1.82. The van der Waals surface area contributed by atoms with E-state index in [-0.39, 0.29) is 0 Å². The summed E-state index contributed by atoms with van der Waals surface area (Å²) in [6.45, 7) is 5.27. The molecular formula is C12H18N2O3. The first-order valence-corrected chi connectivity index (χ1v) is 5.53. The topological polar surface area (TPSA) is 72.6 Å². The van der Waals surface area contributed by atoms with Gasteiger partial charge in [-0.15, -0.1) is 6.42 Å². The number of hydrogen-bond donors (Lipinski definition) is 1. The standard InChI is InChI=1S/C12H18N2O3/c1-5-8-6-7-9(10(13)15)14(8)11(16)17-12(2,3)4/h1,8-9H,6-7H2,2-4H3,(H2,13,15)/t8-,9-/m0/s1. The molecule has 0 radical (unpaired) electrons. The zero-order valence-corrected chi connectivity index (χ0v) is 10.4. The highest BCUT2D eigenvalue weighted by Crippen LogP contribution is 2.25. The number of carbonyl (C=O) groups excluding carboxylic acids is 2. The third kappa shape index (κ3) is 3.13. The van der Waals surface area contributed by atoms with Crippen LogP contribution < -0.4 is 5.73 Å². The Morgan fingerprint density at radius 2 is 2.00 bits per heavy atom. The minimum atomic E-state index is -0.661. The smallest absolute Gasteiger partial charge is 0.411 e. The second-order valence-corrected chi connectivity index (χ2v) is 5.07. The number of nitrogens with two attached hydrogens (primary N) is 1. The van der Waals surface area contributed by atoms with E-state index in [0.29, 0.717) is 12.8 Å². The number of carbonyl (C=O) groups is 2. The Kier molecular flexibility index (Phi) is 3.66. The van der Waals surface area contributed by atoms with Crippen molar-refractivity contribution in [2.45, 2.75) is 51.3 Å². The lowest BCUT2D eigenvalue weighted by molar-refractivity contribution is -0.122. The van der Waals surface area contributed by atoms with Crippen LogP contribution in [-0.2, 0) is 9.53 Å². The van der Waals surface area contributed by atoms with E-state index in [1.165, 1.54) is 4.90 Å². The van der Waals surface area contributed by atoms with E-state index in [1.807, 2.05) is 0 Å². The van der Waals surface area contributed by atoms with Crippen molar-refractivity contribution in [3.63, 3.8) is 0 Å². The fraction of sp³-hybridized carbons (Fsp3) is 0.667. The van der Waals surface area contributed by atoms with Gasteiger partial charge in [0.2, 0.25) is 5.91 Å². The van der Waals surface area contributed by atoms with E-state index in [4.69, 9.17) is 16.9 Å². The van der Waals surface area contributed by atoms with Crippen molar-refractivity contribution < 1.29 is 14.3 Å². The summed E-state index contributed by atoms with van der Waals surface area (Å²) in [5.74, 6) is 1.94. The Hall–Kier alpha value is -1.70. The van der Waals surface area contributed by atoms with Gasteiger partial charge >= 0.3 is 6.09 Å². The number of likely N-dealkylation sites (tertiary alicyclic amines) is 1. The molecule has 0 aromatic rings. The maximum atomic E-state index is 11.9. The summed E-state index contributed by atoms with van der Waals surface area (Å²) in [7, 11) is 0. The highest BCUT2D eigenvalue weighted by molar-refractivity contribution is 5.85. The molecule has 1 fully saturated rings. The van der Waals surface area contributed by atoms with Crippen molar-refractivity contribution in [2.24, 2.45) is 5.73 Å². The zero-order valence-electron chi connectivity index (χ0n) is 10.4. The van der Waals surface area contributed by atoms with Crippen molar-refractivity contribution in [1.82, 2.24) is 4.90 Å². The van der Waals surface area contributed by atoms with Gasteiger partial charge in [-0.2, -0.15) is 0 Å². The average molecular weight is 238 g/mol. The second-order valence-electron chi connectivity index (χ2n) is 5.07. The SMILES string of the molecule is C#C[C@H]1CC[C@@H](C(N)=O)N1C(=O)OC(C)(C)C. The summed E-state index contributed by atoms with van der Waals surface area (Å²) < 4.78 is 5.22. The van der Waals surface area contributed by atoms with Crippen molar-refractivity contribution in [3.8, 4) is 12.3 Å². The molecule has 1 rings (SSSR count). The van der Waals surface area contributed by atoms with Gasteiger partial charge in [-0.3, -0.25) is 9.69 Å². The van der Waals surface area contributed by atoms with Crippen LogP contribution in [0.2, 0.25) is 0 Å². The largest absolute Gasteiger partial charge is 0.444 e. The number of ether oxygens (including phenoxy) is 1. The minimum absolute atomic E-state index is 0.414. The zero-order chi connectivity index (χ0) is 13.2. The molecule has 1 aliphatic rings. The van der Waals surface area contributed by atoms with E-state index in [1.54, 1.807) is 20.8 Å². The molecule has 17 heavy (non-hydrogen) atoms. The predicted octanol–water partition coefficient (Wildman–Crippen LogP) is 0.873. The average Bonchev–Trinajstić information content (AvgIpc) is 2.57. The first-order chi connectivity index (χ1) is 7.76. The van der Waals surface area contributed by atoms with Gasteiger partial charge < -0.3 is 10.5 Å². The van der Waals surface area contributed by atoms with Crippen LogP contribution in [-0.4, -0.2) is 34.6 Å². The summed E-state index contributed by atoms with van der Waals surface area (Å²) in [6.07, 6.45) is 5.82. The van der Waals surface area contributed by atoms with E-state index in [0.717, 1.165) is 0 Å². The molecule has 2 atom stereocenters. The quantitative estimate of drug-likeness (QED) is 0.689. The molecule has 0 bridgehead atoms. The lowest BCUT2D eigenvalue weighted by Crippen LogP contribution is -2.48. The number of amides is 2. The van der Waals surface area contributed by atoms with Gasteiger partial charge in [0.15, 0.2) is 0 Å². The van der Waals surface area contributed by atoms with Crippen LogP contribution in [0.5, 0.6) is 0 Å². The predicted molar refractivity (Wildman–Crippen MR) is 62.9 cm³/mol. The van der Waals surface area contributed by atoms with Gasteiger partial charge in [0.05, 0.1) is 6.04 Å². The first kappa shape index (κ1) is 13.4. The van der Waals surface area contributed by atoms with Gasteiger partial charge in [-0.05, 0) is 33.6 Å². The molecule has 5 heteroatoms. The lowest BCUT2D eigenvalue weighted by Gasteiger charge is -2.29. The van der Waals surface area contributed by atoms with Crippen molar-refractivity contribution in [2.75, 3.05) is 0 Å². The molecule has 0 spiro atoms. The van der Waals surface area contributed by atoms with Gasteiger partial charge in [-0.25, -0.2) is 4.79 Å². The van der Waals surface area contributed by atoms with Crippen LogP contribution >= 0.6 is 0 Å². The Morgan fingerprint density at radius 3 is 2.41 bits per heavy atom. The molecule has 5 nitrogen and oxygen atoms in total. The Bertz CT molecular complexity index is 365. The molecule has 0 aromatic heterocycles. The molecule has 1 aliphatic heterocycles. The van der Waals surface area contributed by atoms with Gasteiger partial charge in [0, 0.05) is 0 Å². The van der Waals surface area contributed by atoms with Crippen LogP contribution in [0.25, 0.3) is 0 Å². The monoisotopic (exact) mass is 238 g/mol. The maximum absolute atomic E-state index is 11.9. The molecule has 1 heterocycles. The van der Waals surface area contributed by atoms with E-state index in [9.17, 15) is 9.59 Å². The van der Waals surface area contributed by atoms with Crippen LogP contribution in [0, 0.1) is 12.3 Å². The minimum Gasteiger partial charge on any atom is -0.444 e. The molecular weight excluding hydrogens is 220 g/mol. The molecule has 2 N–H and O–H groups in total. The Balaban J connectivity index is 2.86. The molecule has 1 saturated heterocycles. The fourth-order valence-corrected chi connectivity index (χ4v) is 1.82. The van der Waals surface area contributed by atoms with Gasteiger partial charge in [0.1, 0.15) is 11.6 Å². The molecule has 2 amide bonds. The highest BCUT2D eigenvalue weighted by atomic mass is 16.6. The van der Waals surface area contributed by atoms with Gasteiger partial charge in [0.25, 0.3) is 0 Å². The normalized spacial score (nSPS) is 24.2. The van der Waals surface area contributed by atoms with Crippen LogP contribution in [0.15, 0.2) is 0 Å².